The summed E-state index contributed by atoms with van der Waals surface area (Å²) in [6.07, 6.45) is 6.18. The van der Waals surface area contributed by atoms with Crippen LogP contribution in [0.3, 0.4) is 0 Å². The summed E-state index contributed by atoms with van der Waals surface area (Å²) < 4.78 is 0. The van der Waals surface area contributed by atoms with Crippen molar-refractivity contribution in [3.63, 3.8) is 0 Å². The second kappa shape index (κ2) is 6.83. The Morgan fingerprint density at radius 2 is 2.33 bits per heavy atom. The maximum atomic E-state index is 10.5. The van der Waals surface area contributed by atoms with Crippen molar-refractivity contribution in [1.29, 1.82) is 0 Å². The van der Waals surface area contributed by atoms with E-state index >= 15 is 0 Å². The summed E-state index contributed by atoms with van der Waals surface area (Å²) >= 11 is 0. The van der Waals surface area contributed by atoms with Crippen LogP contribution in [0.25, 0.3) is 0 Å². The number of hydrogen-bond donors (Lipinski definition) is 1. The highest BCUT2D eigenvalue weighted by molar-refractivity contribution is 5.66. The third-order valence-corrected chi connectivity index (χ3v) is 3.20. The van der Waals surface area contributed by atoms with Crippen LogP contribution in [0.5, 0.6) is 0 Å². The van der Waals surface area contributed by atoms with Crippen molar-refractivity contribution in [3.05, 3.63) is 0 Å². The van der Waals surface area contributed by atoms with E-state index in [0.717, 1.165) is 13.0 Å². The molecule has 0 aromatic carbocycles. The highest BCUT2D eigenvalue weighted by Crippen LogP contribution is 2.21. The first kappa shape index (κ1) is 12.5. The van der Waals surface area contributed by atoms with Crippen LogP contribution in [0.2, 0.25) is 0 Å². The van der Waals surface area contributed by atoms with Crippen molar-refractivity contribution in [1.82, 2.24) is 4.90 Å². The molecule has 0 radical (unpaired) electrons. The predicted octanol–water partition coefficient (Wildman–Crippen LogP) is 2.36. The van der Waals surface area contributed by atoms with Crippen molar-refractivity contribution < 1.29 is 9.90 Å². The topological polar surface area (TPSA) is 40.5 Å². The lowest BCUT2D eigenvalue weighted by Crippen LogP contribution is -2.36. The zero-order chi connectivity index (χ0) is 11.1. The molecular weight excluding hydrogens is 190 g/mol. The van der Waals surface area contributed by atoms with Gasteiger partial charge in [0.2, 0.25) is 0 Å². The van der Waals surface area contributed by atoms with Gasteiger partial charge in [0.25, 0.3) is 0 Å². The minimum atomic E-state index is -0.652. The number of carboxylic acids is 1. The summed E-state index contributed by atoms with van der Waals surface area (Å²) in [5, 5.41) is 8.64. The van der Waals surface area contributed by atoms with Crippen LogP contribution in [-0.4, -0.2) is 35.6 Å². The molecule has 1 saturated heterocycles. The van der Waals surface area contributed by atoms with Gasteiger partial charge in [-0.1, -0.05) is 13.3 Å². The Balaban J connectivity index is 2.19. The van der Waals surface area contributed by atoms with Crippen molar-refractivity contribution >= 4 is 5.97 Å². The highest BCUT2D eigenvalue weighted by atomic mass is 16.4. The van der Waals surface area contributed by atoms with Gasteiger partial charge in [-0.25, -0.2) is 0 Å². The lowest BCUT2D eigenvalue weighted by molar-refractivity contribution is -0.137. The van der Waals surface area contributed by atoms with Crippen molar-refractivity contribution in [2.75, 3.05) is 19.6 Å². The monoisotopic (exact) mass is 213 g/mol. The molecule has 0 bridgehead atoms. The van der Waals surface area contributed by atoms with Crippen molar-refractivity contribution in [2.45, 2.75) is 45.4 Å². The number of hydrogen-bond acceptors (Lipinski definition) is 2. The van der Waals surface area contributed by atoms with E-state index in [2.05, 4.69) is 11.8 Å². The number of rotatable bonds is 6. The maximum Gasteiger partial charge on any atom is 0.303 e. The molecule has 1 atom stereocenters. The quantitative estimate of drug-likeness (QED) is 0.736. The summed E-state index contributed by atoms with van der Waals surface area (Å²) in [6, 6.07) is 0. The number of carbonyl (C=O) groups is 1. The predicted molar refractivity (Wildman–Crippen MR) is 60.9 cm³/mol. The molecule has 3 heteroatoms. The molecule has 1 N–H and O–H groups in total. The Morgan fingerprint density at radius 3 is 3.00 bits per heavy atom. The van der Waals surface area contributed by atoms with Gasteiger partial charge in [-0.15, -0.1) is 0 Å². The molecule has 1 aliphatic heterocycles. The number of unbranched alkanes of at least 4 members (excludes halogenated alkanes) is 1. The van der Waals surface area contributed by atoms with Crippen molar-refractivity contribution in [2.24, 2.45) is 5.92 Å². The molecule has 1 unspecified atom stereocenters. The Hall–Kier alpha value is -0.570. The van der Waals surface area contributed by atoms with E-state index < -0.39 is 5.97 Å². The van der Waals surface area contributed by atoms with E-state index in [1.165, 1.54) is 38.8 Å². The zero-order valence-electron chi connectivity index (χ0n) is 9.74. The lowest BCUT2D eigenvalue weighted by Gasteiger charge is -2.32. The number of carboxylic acid groups (broad SMARTS) is 1. The van der Waals surface area contributed by atoms with Gasteiger partial charge in [-0.05, 0) is 44.7 Å². The zero-order valence-corrected chi connectivity index (χ0v) is 9.74. The molecule has 88 valence electrons. The molecule has 1 aliphatic rings. The van der Waals surface area contributed by atoms with Crippen LogP contribution in [0.15, 0.2) is 0 Å². The van der Waals surface area contributed by atoms with E-state index in [0.29, 0.717) is 12.3 Å². The number of aliphatic carboxylic acids is 1. The molecule has 0 saturated carbocycles. The standard InChI is InChI=1S/C12H23NO2/c1-2-3-8-13-9-4-5-11(10-13)6-7-12(14)15/h11H,2-10H2,1H3,(H,14,15). The molecule has 0 aromatic heterocycles. The molecule has 0 aliphatic carbocycles. The minimum absolute atomic E-state index is 0.340. The third kappa shape index (κ3) is 5.17. The number of likely N-dealkylation sites (tertiary alicyclic amines) is 1. The Labute approximate surface area is 92.5 Å². The second-order valence-electron chi connectivity index (χ2n) is 4.59. The van der Waals surface area contributed by atoms with Gasteiger partial charge in [0.15, 0.2) is 0 Å². The summed E-state index contributed by atoms with van der Waals surface area (Å²) in [5.74, 6) is -0.0348. The summed E-state index contributed by atoms with van der Waals surface area (Å²) in [6.45, 7) is 5.74. The first-order valence-corrected chi connectivity index (χ1v) is 6.16. The number of piperidine rings is 1. The maximum absolute atomic E-state index is 10.5. The van der Waals surface area contributed by atoms with E-state index in [4.69, 9.17) is 5.11 Å². The van der Waals surface area contributed by atoms with Crippen LogP contribution >= 0.6 is 0 Å². The highest BCUT2D eigenvalue weighted by Gasteiger charge is 2.19. The fraction of sp³-hybridized carbons (Fsp3) is 0.917. The average Bonchev–Trinajstić information content (AvgIpc) is 2.24. The number of nitrogens with zero attached hydrogens (tertiary/aromatic N) is 1. The first-order valence-electron chi connectivity index (χ1n) is 6.16. The van der Waals surface area contributed by atoms with Crippen LogP contribution in [0.1, 0.15) is 45.4 Å². The largest absolute Gasteiger partial charge is 0.481 e. The van der Waals surface area contributed by atoms with Gasteiger partial charge in [0.05, 0.1) is 0 Å². The molecule has 1 heterocycles. The first-order chi connectivity index (χ1) is 7.22. The average molecular weight is 213 g/mol. The van der Waals surface area contributed by atoms with Gasteiger partial charge in [0.1, 0.15) is 0 Å². The summed E-state index contributed by atoms with van der Waals surface area (Å²) in [7, 11) is 0. The van der Waals surface area contributed by atoms with Crippen LogP contribution < -0.4 is 0 Å². The minimum Gasteiger partial charge on any atom is -0.481 e. The Morgan fingerprint density at radius 1 is 1.53 bits per heavy atom. The van der Waals surface area contributed by atoms with Gasteiger partial charge in [-0.3, -0.25) is 4.79 Å². The van der Waals surface area contributed by atoms with E-state index in [1.54, 1.807) is 0 Å². The van der Waals surface area contributed by atoms with Gasteiger partial charge in [0, 0.05) is 13.0 Å². The van der Waals surface area contributed by atoms with Crippen molar-refractivity contribution in [3.8, 4) is 0 Å². The van der Waals surface area contributed by atoms with Crippen LogP contribution in [0, 0.1) is 5.92 Å². The van der Waals surface area contributed by atoms with E-state index in [-0.39, 0.29) is 0 Å². The fourth-order valence-electron chi connectivity index (χ4n) is 2.30. The van der Waals surface area contributed by atoms with Gasteiger partial charge >= 0.3 is 5.97 Å². The Bertz CT molecular complexity index is 194. The third-order valence-electron chi connectivity index (χ3n) is 3.20. The summed E-state index contributed by atoms with van der Waals surface area (Å²) in [4.78, 5) is 13.0. The molecule has 0 aromatic rings. The normalized spacial score (nSPS) is 22.9. The van der Waals surface area contributed by atoms with Gasteiger partial charge < -0.3 is 10.0 Å². The van der Waals surface area contributed by atoms with E-state index in [9.17, 15) is 4.79 Å². The smallest absolute Gasteiger partial charge is 0.303 e. The Kier molecular flexibility index (Phi) is 5.69. The molecule has 1 rings (SSSR count). The molecule has 15 heavy (non-hydrogen) atoms. The van der Waals surface area contributed by atoms with Gasteiger partial charge in [-0.2, -0.15) is 0 Å². The molecule has 0 spiro atoms. The molecule has 1 fully saturated rings. The second-order valence-corrected chi connectivity index (χ2v) is 4.59. The summed E-state index contributed by atoms with van der Waals surface area (Å²) in [5.41, 5.74) is 0. The molecular formula is C12H23NO2. The molecule has 3 nitrogen and oxygen atoms in total. The van der Waals surface area contributed by atoms with Crippen LogP contribution in [-0.2, 0) is 4.79 Å². The fourth-order valence-corrected chi connectivity index (χ4v) is 2.30. The lowest BCUT2D eigenvalue weighted by atomic mass is 9.93. The van der Waals surface area contributed by atoms with E-state index in [1.807, 2.05) is 0 Å². The SMILES string of the molecule is CCCCN1CCCC(CCC(=O)O)C1. The van der Waals surface area contributed by atoms with Crippen LogP contribution in [0.4, 0.5) is 0 Å². The molecule has 0 amide bonds.